The van der Waals surface area contributed by atoms with Crippen LogP contribution in [0.5, 0.6) is 5.75 Å². The molecule has 4 heteroatoms. The van der Waals surface area contributed by atoms with Crippen LogP contribution in [0.25, 0.3) is 0 Å². The molecular weight excluding hydrogens is 211 g/mol. The molecule has 0 aliphatic carbocycles. The Morgan fingerprint density at radius 3 is 2.77 bits per heavy atom. The van der Waals surface area contributed by atoms with Crippen molar-refractivity contribution in [1.82, 2.24) is 0 Å². The van der Waals surface area contributed by atoms with Crippen LogP contribution in [0.15, 0.2) is 17.0 Å². The van der Waals surface area contributed by atoms with Crippen molar-refractivity contribution < 1.29 is 9.13 Å². The van der Waals surface area contributed by atoms with Gasteiger partial charge in [-0.25, -0.2) is 4.39 Å². The molecule has 0 heterocycles. The Bertz CT molecular complexity index is 304. The number of rotatable bonds is 3. The van der Waals surface area contributed by atoms with Gasteiger partial charge in [0.05, 0.1) is 16.5 Å². The first-order valence-corrected chi connectivity index (χ1v) is 5.45. The van der Waals surface area contributed by atoms with Gasteiger partial charge in [0.1, 0.15) is 0 Å². The van der Waals surface area contributed by atoms with E-state index in [0.29, 0.717) is 16.5 Å². The molecule has 1 aromatic rings. The van der Waals surface area contributed by atoms with E-state index in [2.05, 4.69) is 0 Å². The fourth-order valence-corrected chi connectivity index (χ4v) is 1.89. The van der Waals surface area contributed by atoms with Crippen molar-refractivity contribution in [2.24, 2.45) is 0 Å². The van der Waals surface area contributed by atoms with E-state index in [-0.39, 0.29) is 11.6 Å². The van der Waals surface area contributed by atoms with E-state index in [0.717, 1.165) is 0 Å². The van der Waals surface area contributed by atoms with Gasteiger partial charge >= 0.3 is 0 Å². The van der Waals surface area contributed by atoms with E-state index in [1.807, 2.05) is 6.92 Å². The lowest BCUT2D eigenvalue weighted by Gasteiger charge is -2.08. The molecule has 72 valence electrons. The van der Waals surface area contributed by atoms with Gasteiger partial charge in [-0.05, 0) is 25.3 Å². The first-order valence-electron chi connectivity index (χ1n) is 3.85. The van der Waals surface area contributed by atoms with Crippen LogP contribution in [0.1, 0.15) is 6.92 Å². The molecule has 0 bridgehead atoms. The zero-order valence-corrected chi connectivity index (χ0v) is 9.01. The Labute approximate surface area is 86.2 Å². The number of benzene rings is 1. The molecular formula is C9H10ClFOS. The largest absolute Gasteiger partial charge is 0.491 e. The first kappa shape index (κ1) is 10.7. The highest BCUT2D eigenvalue weighted by Crippen LogP contribution is 2.33. The van der Waals surface area contributed by atoms with Gasteiger partial charge < -0.3 is 4.74 Å². The van der Waals surface area contributed by atoms with Gasteiger partial charge in [-0.15, -0.1) is 11.8 Å². The summed E-state index contributed by atoms with van der Waals surface area (Å²) in [5.74, 6) is -0.113. The van der Waals surface area contributed by atoms with Crippen molar-refractivity contribution in [3.63, 3.8) is 0 Å². The highest BCUT2D eigenvalue weighted by Gasteiger charge is 2.11. The Morgan fingerprint density at radius 1 is 1.54 bits per heavy atom. The standard InChI is InChI=1S/C9H10ClFOS/c1-3-12-7-5-4-6(10)9(13-2)8(7)11/h4-5H,3H2,1-2H3. The third kappa shape index (κ3) is 2.29. The van der Waals surface area contributed by atoms with E-state index in [1.165, 1.54) is 11.8 Å². The molecule has 13 heavy (non-hydrogen) atoms. The molecule has 1 aromatic carbocycles. The fourth-order valence-electron chi connectivity index (χ4n) is 0.969. The van der Waals surface area contributed by atoms with Gasteiger partial charge in [-0.1, -0.05) is 11.6 Å². The maximum Gasteiger partial charge on any atom is 0.180 e. The van der Waals surface area contributed by atoms with Crippen molar-refractivity contribution in [2.45, 2.75) is 11.8 Å². The van der Waals surface area contributed by atoms with E-state index in [1.54, 1.807) is 18.4 Å². The molecule has 0 aliphatic heterocycles. The summed E-state index contributed by atoms with van der Waals surface area (Å²) in [6.45, 7) is 2.26. The third-order valence-corrected chi connectivity index (χ3v) is 2.75. The highest BCUT2D eigenvalue weighted by molar-refractivity contribution is 7.98. The van der Waals surface area contributed by atoms with E-state index in [4.69, 9.17) is 16.3 Å². The lowest BCUT2D eigenvalue weighted by molar-refractivity contribution is 0.318. The number of hydrogen-bond donors (Lipinski definition) is 0. The van der Waals surface area contributed by atoms with Crippen LogP contribution in [0.4, 0.5) is 4.39 Å². The van der Waals surface area contributed by atoms with E-state index < -0.39 is 0 Å². The lowest BCUT2D eigenvalue weighted by atomic mass is 10.3. The minimum absolute atomic E-state index is 0.260. The molecule has 0 spiro atoms. The normalized spacial score (nSPS) is 10.2. The maximum atomic E-state index is 13.5. The van der Waals surface area contributed by atoms with Crippen molar-refractivity contribution in [3.8, 4) is 5.75 Å². The molecule has 1 rings (SSSR count). The maximum absolute atomic E-state index is 13.5. The summed E-state index contributed by atoms with van der Waals surface area (Å²) >= 11 is 7.06. The van der Waals surface area contributed by atoms with Crippen LogP contribution < -0.4 is 4.74 Å². The summed E-state index contributed by atoms with van der Waals surface area (Å²) in [6.07, 6.45) is 1.78. The third-order valence-electron chi connectivity index (χ3n) is 1.52. The monoisotopic (exact) mass is 220 g/mol. The van der Waals surface area contributed by atoms with Crippen LogP contribution in [-0.4, -0.2) is 12.9 Å². The zero-order chi connectivity index (χ0) is 9.84. The second-order valence-corrected chi connectivity index (χ2v) is 3.55. The minimum Gasteiger partial charge on any atom is -0.491 e. The number of hydrogen-bond acceptors (Lipinski definition) is 2. The van der Waals surface area contributed by atoms with Gasteiger partial charge in [0.25, 0.3) is 0 Å². The first-order chi connectivity index (χ1) is 6.20. The zero-order valence-electron chi connectivity index (χ0n) is 7.43. The smallest absolute Gasteiger partial charge is 0.180 e. The van der Waals surface area contributed by atoms with Crippen LogP contribution in [0, 0.1) is 5.82 Å². The highest BCUT2D eigenvalue weighted by atomic mass is 35.5. The average molecular weight is 221 g/mol. The van der Waals surface area contributed by atoms with Gasteiger partial charge in [-0.3, -0.25) is 0 Å². The molecule has 0 unspecified atom stereocenters. The summed E-state index contributed by atoms with van der Waals surface area (Å²) in [7, 11) is 0. The summed E-state index contributed by atoms with van der Waals surface area (Å²) < 4.78 is 18.6. The second-order valence-electron chi connectivity index (χ2n) is 2.33. The molecule has 0 N–H and O–H groups in total. The van der Waals surface area contributed by atoms with Crippen LogP contribution >= 0.6 is 23.4 Å². The molecule has 0 atom stereocenters. The average Bonchev–Trinajstić information content (AvgIpc) is 2.11. The van der Waals surface area contributed by atoms with Crippen molar-refractivity contribution >= 4 is 23.4 Å². The summed E-state index contributed by atoms with van der Waals surface area (Å²) in [4.78, 5) is 0.438. The number of thioether (sulfide) groups is 1. The minimum atomic E-state index is -0.373. The quantitative estimate of drug-likeness (QED) is 0.720. The van der Waals surface area contributed by atoms with Gasteiger partial charge in [0, 0.05) is 0 Å². The van der Waals surface area contributed by atoms with Crippen molar-refractivity contribution in [2.75, 3.05) is 12.9 Å². The molecule has 0 aromatic heterocycles. The Kier molecular flexibility index (Phi) is 3.88. The molecule has 0 aliphatic rings. The lowest BCUT2D eigenvalue weighted by Crippen LogP contribution is -1.95. The van der Waals surface area contributed by atoms with E-state index >= 15 is 0 Å². The molecule has 0 radical (unpaired) electrons. The van der Waals surface area contributed by atoms with Crippen molar-refractivity contribution in [3.05, 3.63) is 23.0 Å². The van der Waals surface area contributed by atoms with Gasteiger partial charge in [0.15, 0.2) is 11.6 Å². The van der Waals surface area contributed by atoms with E-state index in [9.17, 15) is 4.39 Å². The molecule has 0 saturated heterocycles. The Balaban J connectivity index is 3.11. The van der Waals surface area contributed by atoms with Crippen molar-refractivity contribution in [1.29, 1.82) is 0 Å². The van der Waals surface area contributed by atoms with Crippen LogP contribution in [0.3, 0.4) is 0 Å². The second kappa shape index (κ2) is 4.72. The SMILES string of the molecule is CCOc1ccc(Cl)c(SC)c1F. The Hall–Kier alpha value is -0.410. The number of halogens is 2. The number of ether oxygens (including phenoxy) is 1. The Morgan fingerprint density at radius 2 is 2.23 bits per heavy atom. The molecule has 0 amide bonds. The van der Waals surface area contributed by atoms with Crippen LogP contribution in [0.2, 0.25) is 5.02 Å². The summed E-state index contributed by atoms with van der Waals surface area (Å²) in [6, 6.07) is 3.18. The summed E-state index contributed by atoms with van der Waals surface area (Å²) in [5.41, 5.74) is 0. The van der Waals surface area contributed by atoms with Crippen LogP contribution in [-0.2, 0) is 0 Å². The van der Waals surface area contributed by atoms with Gasteiger partial charge in [0.2, 0.25) is 0 Å². The molecule has 0 saturated carbocycles. The summed E-state index contributed by atoms with van der Waals surface area (Å²) in [5, 5.41) is 0.424. The predicted molar refractivity (Wildman–Crippen MR) is 54.4 cm³/mol. The molecule has 1 nitrogen and oxygen atoms in total. The molecule has 0 fully saturated rings. The fraction of sp³-hybridized carbons (Fsp3) is 0.333. The predicted octanol–water partition coefficient (Wildman–Crippen LogP) is 3.60. The topological polar surface area (TPSA) is 9.23 Å². The van der Waals surface area contributed by atoms with Gasteiger partial charge in [-0.2, -0.15) is 0 Å².